The summed E-state index contributed by atoms with van der Waals surface area (Å²) in [6.45, 7) is 7.16. The maximum absolute atomic E-state index is 11.9. The summed E-state index contributed by atoms with van der Waals surface area (Å²) in [5, 5.41) is 0. The Morgan fingerprint density at radius 3 is 1.60 bits per heavy atom. The average molecular weight is 583 g/mol. The number of unbranched alkanes of at least 4 members (excludes halogenated alkanes) is 12. The molecule has 0 N–H and O–H groups in total. The van der Waals surface area contributed by atoms with Crippen molar-refractivity contribution in [3.63, 3.8) is 0 Å². The Bertz CT molecular complexity index is 893. The molecule has 5 heteroatoms. The zero-order valence-electron chi connectivity index (χ0n) is 26.7. The molecular formula is C37H58O5. The van der Waals surface area contributed by atoms with Crippen LogP contribution in [-0.2, 0) is 25.4 Å². The number of esters is 1. The number of hydrogen-bond donors (Lipinski definition) is 0. The molecule has 0 heterocycles. The highest BCUT2D eigenvalue weighted by atomic mass is 16.6. The zero-order chi connectivity index (χ0) is 29.9. The minimum Gasteiger partial charge on any atom is -0.491 e. The van der Waals surface area contributed by atoms with Crippen molar-refractivity contribution in [2.24, 2.45) is 0 Å². The van der Waals surface area contributed by atoms with Crippen LogP contribution >= 0.6 is 0 Å². The van der Waals surface area contributed by atoms with Gasteiger partial charge < -0.3 is 18.9 Å². The highest BCUT2D eigenvalue weighted by Gasteiger charge is 2.03. The third-order valence-electron chi connectivity index (χ3n) is 7.55. The fourth-order valence-electron chi connectivity index (χ4n) is 4.95. The van der Waals surface area contributed by atoms with Crippen LogP contribution in [0.2, 0.25) is 0 Å². The van der Waals surface area contributed by atoms with Crippen molar-refractivity contribution in [3.8, 4) is 16.9 Å². The first-order valence-corrected chi connectivity index (χ1v) is 16.9. The van der Waals surface area contributed by atoms with E-state index in [0.717, 1.165) is 25.0 Å². The van der Waals surface area contributed by atoms with Crippen molar-refractivity contribution in [1.29, 1.82) is 0 Å². The predicted octanol–water partition coefficient (Wildman–Crippen LogP) is 9.74. The molecule has 0 aromatic heterocycles. The lowest BCUT2D eigenvalue weighted by atomic mass is 10.0. The largest absolute Gasteiger partial charge is 0.491 e. The molecule has 0 aliphatic rings. The number of carbonyl (C=O) groups is 1. The smallest absolute Gasteiger partial charge is 0.305 e. The standard InChI is InChI=1S/C37H58O5/c1-3-5-7-8-9-10-11-12-13-14-16-18-37(38)42-32-30-40-28-27-39-29-31-41-36-25-23-35(24-26-36)34-21-19-33(20-22-34)17-15-6-4-2/h19-26H,3-18,27-32H2,1-2H3. The number of carbonyl (C=O) groups excluding carboxylic acids is 1. The lowest BCUT2D eigenvalue weighted by Crippen LogP contribution is -2.14. The third kappa shape index (κ3) is 18.2. The molecule has 0 aliphatic heterocycles. The van der Waals surface area contributed by atoms with E-state index in [-0.39, 0.29) is 5.97 Å². The SMILES string of the molecule is CCCCCCCCCCCCCC(=O)OCCOCCOCCOc1ccc(-c2ccc(CCCCC)cc2)cc1. The van der Waals surface area contributed by atoms with Crippen LogP contribution in [0.25, 0.3) is 11.1 Å². The van der Waals surface area contributed by atoms with Gasteiger partial charge in [0.25, 0.3) is 0 Å². The van der Waals surface area contributed by atoms with Gasteiger partial charge in [0, 0.05) is 6.42 Å². The first-order chi connectivity index (χ1) is 20.7. The van der Waals surface area contributed by atoms with Gasteiger partial charge in [-0.2, -0.15) is 0 Å². The Labute approximate surface area is 256 Å². The molecule has 0 radical (unpaired) electrons. The summed E-state index contributed by atoms with van der Waals surface area (Å²) in [6, 6.07) is 17.1. The van der Waals surface area contributed by atoms with Crippen molar-refractivity contribution in [1.82, 2.24) is 0 Å². The maximum Gasteiger partial charge on any atom is 0.305 e. The lowest BCUT2D eigenvalue weighted by Gasteiger charge is -2.09. The van der Waals surface area contributed by atoms with Gasteiger partial charge in [-0.05, 0) is 48.1 Å². The van der Waals surface area contributed by atoms with Gasteiger partial charge in [0.1, 0.15) is 19.0 Å². The molecule has 5 nitrogen and oxygen atoms in total. The summed E-state index contributed by atoms with van der Waals surface area (Å²) in [5.74, 6) is 0.719. The number of hydrogen-bond acceptors (Lipinski definition) is 5. The van der Waals surface area contributed by atoms with Crippen LogP contribution in [0.1, 0.15) is 116 Å². The molecule has 0 spiro atoms. The van der Waals surface area contributed by atoms with Gasteiger partial charge in [-0.15, -0.1) is 0 Å². The summed E-state index contributed by atoms with van der Waals surface area (Å²) in [4.78, 5) is 11.9. The van der Waals surface area contributed by atoms with Crippen molar-refractivity contribution in [2.75, 3.05) is 39.6 Å². The normalized spacial score (nSPS) is 11.1. The quantitative estimate of drug-likeness (QED) is 0.0775. The van der Waals surface area contributed by atoms with Crippen molar-refractivity contribution >= 4 is 5.97 Å². The summed E-state index contributed by atoms with van der Waals surface area (Å²) < 4.78 is 22.2. The van der Waals surface area contributed by atoms with Gasteiger partial charge >= 0.3 is 5.97 Å². The molecule has 0 unspecified atom stereocenters. The second-order valence-corrected chi connectivity index (χ2v) is 11.3. The van der Waals surface area contributed by atoms with Crippen LogP contribution in [-0.4, -0.2) is 45.6 Å². The first-order valence-electron chi connectivity index (χ1n) is 16.9. The Morgan fingerprint density at radius 2 is 1.00 bits per heavy atom. The topological polar surface area (TPSA) is 54.0 Å². The lowest BCUT2D eigenvalue weighted by molar-refractivity contribution is -0.145. The molecule has 42 heavy (non-hydrogen) atoms. The molecule has 236 valence electrons. The molecule has 0 atom stereocenters. The van der Waals surface area contributed by atoms with Crippen molar-refractivity contribution in [3.05, 3.63) is 54.1 Å². The number of ether oxygens (including phenoxy) is 4. The summed E-state index contributed by atoms with van der Waals surface area (Å²) in [5.41, 5.74) is 3.82. The third-order valence-corrected chi connectivity index (χ3v) is 7.55. The van der Waals surface area contributed by atoms with Gasteiger partial charge in [-0.3, -0.25) is 4.79 Å². The number of rotatable bonds is 27. The van der Waals surface area contributed by atoms with E-state index >= 15 is 0 Å². The van der Waals surface area contributed by atoms with Crippen LogP contribution in [0.4, 0.5) is 0 Å². The Kier molecular flexibility index (Phi) is 21.5. The average Bonchev–Trinajstić information content (AvgIpc) is 3.01. The minimum atomic E-state index is -0.119. The molecule has 0 aliphatic carbocycles. The van der Waals surface area contributed by atoms with E-state index in [1.807, 2.05) is 12.1 Å². The van der Waals surface area contributed by atoms with Crippen molar-refractivity contribution in [2.45, 2.75) is 117 Å². The highest BCUT2D eigenvalue weighted by Crippen LogP contribution is 2.23. The number of aryl methyl sites for hydroxylation is 1. The maximum atomic E-state index is 11.9. The van der Waals surface area contributed by atoms with Crippen LogP contribution < -0.4 is 4.74 Å². The molecule has 0 amide bonds. The Balaban J connectivity index is 1.37. The molecule has 2 aromatic carbocycles. The molecular weight excluding hydrogens is 524 g/mol. The Morgan fingerprint density at radius 1 is 0.524 bits per heavy atom. The van der Waals surface area contributed by atoms with E-state index < -0.39 is 0 Å². The van der Waals surface area contributed by atoms with E-state index in [0.29, 0.717) is 46.1 Å². The Hall–Kier alpha value is -2.37. The fraction of sp³-hybridized carbons (Fsp3) is 0.649. The predicted molar refractivity (Wildman–Crippen MR) is 174 cm³/mol. The van der Waals surface area contributed by atoms with Gasteiger partial charge in [0.2, 0.25) is 0 Å². The minimum absolute atomic E-state index is 0.119. The van der Waals surface area contributed by atoms with Crippen LogP contribution in [0.3, 0.4) is 0 Å². The molecule has 0 saturated heterocycles. The molecule has 2 rings (SSSR count). The van der Waals surface area contributed by atoms with Crippen LogP contribution in [0.5, 0.6) is 5.75 Å². The summed E-state index contributed by atoms with van der Waals surface area (Å²) >= 11 is 0. The molecule has 0 fully saturated rings. The molecule has 0 bridgehead atoms. The van der Waals surface area contributed by atoms with Crippen LogP contribution in [0.15, 0.2) is 48.5 Å². The van der Waals surface area contributed by atoms with E-state index in [9.17, 15) is 4.79 Å². The van der Waals surface area contributed by atoms with Gasteiger partial charge in [-0.1, -0.05) is 127 Å². The second kappa shape index (κ2) is 25.2. The van der Waals surface area contributed by atoms with E-state index in [4.69, 9.17) is 18.9 Å². The van der Waals surface area contributed by atoms with Crippen molar-refractivity contribution < 1.29 is 23.7 Å². The fourth-order valence-corrected chi connectivity index (χ4v) is 4.95. The van der Waals surface area contributed by atoms with Gasteiger partial charge in [0.05, 0.1) is 26.4 Å². The van der Waals surface area contributed by atoms with Gasteiger partial charge in [-0.25, -0.2) is 0 Å². The monoisotopic (exact) mass is 582 g/mol. The first kappa shape index (κ1) is 35.8. The van der Waals surface area contributed by atoms with Gasteiger partial charge in [0.15, 0.2) is 0 Å². The highest BCUT2D eigenvalue weighted by molar-refractivity contribution is 5.69. The van der Waals surface area contributed by atoms with E-state index in [1.54, 1.807) is 0 Å². The van der Waals surface area contributed by atoms with E-state index in [1.165, 1.54) is 93.7 Å². The number of benzene rings is 2. The van der Waals surface area contributed by atoms with E-state index in [2.05, 4.69) is 50.2 Å². The summed E-state index contributed by atoms with van der Waals surface area (Å²) in [7, 11) is 0. The zero-order valence-corrected chi connectivity index (χ0v) is 26.7. The summed E-state index contributed by atoms with van der Waals surface area (Å²) in [6.07, 6.45) is 19.5. The molecule has 0 saturated carbocycles. The second-order valence-electron chi connectivity index (χ2n) is 11.3. The molecule has 2 aromatic rings. The van der Waals surface area contributed by atoms with Crippen LogP contribution in [0, 0.1) is 0 Å².